The van der Waals surface area contributed by atoms with Gasteiger partial charge in [-0.05, 0) is 140 Å². The number of nitrogens with zero attached hydrogens (tertiary/aromatic N) is 1. The Labute approximate surface area is 365 Å². The number of rotatable bonds is 10. The third kappa shape index (κ3) is 6.53. The van der Waals surface area contributed by atoms with Gasteiger partial charge in [0, 0.05) is 36.6 Å². The summed E-state index contributed by atoms with van der Waals surface area (Å²) >= 11 is 0. The fraction of sp³-hybridized carbons (Fsp3) is 0. The summed E-state index contributed by atoms with van der Waals surface area (Å²) in [5, 5.41) is 2.63. The molecule has 0 fully saturated rings. The topological polar surface area (TPSA) is 3.24 Å². The van der Waals surface area contributed by atoms with Crippen molar-refractivity contribution in [1.29, 1.82) is 0 Å². The van der Waals surface area contributed by atoms with E-state index in [1.165, 1.54) is 74.9 Å². The lowest BCUT2D eigenvalue weighted by molar-refractivity contribution is 1.22. The molecule has 1 aliphatic rings. The van der Waals surface area contributed by atoms with E-state index in [-0.39, 0.29) is 0 Å². The molecule has 0 heterocycles. The molecule has 0 spiro atoms. The Morgan fingerprint density at radius 2 is 0.565 bits per heavy atom. The summed E-state index contributed by atoms with van der Waals surface area (Å²) in [6.45, 7) is 0. The average molecular weight is 810 g/mol. The van der Waals surface area contributed by atoms with Crippen LogP contribution in [0.4, 0.5) is 17.1 Å². The van der Waals surface area contributed by atoms with Gasteiger partial charge in [0.1, 0.15) is 0 Å². The normalized spacial score (nSPS) is 12.1. The number of benzene rings is 10. The highest BCUT2D eigenvalue weighted by Gasteiger charge is 2.33. The Bertz CT molecular complexity index is 3050. The van der Waals surface area contributed by atoms with Gasteiger partial charge in [0.05, 0.1) is 0 Å². The first-order valence-corrected chi connectivity index (χ1v) is 22.9. The predicted molar refractivity (Wildman–Crippen MR) is 264 cm³/mol. The molecule has 0 atom stereocenters. The van der Waals surface area contributed by atoms with Crippen LogP contribution in [0.1, 0.15) is 11.1 Å². The molecule has 0 bridgehead atoms. The molecule has 10 aromatic rings. The second-order valence-electron chi connectivity index (χ2n) is 15.7. The molecule has 0 aliphatic heterocycles. The third-order valence-electron chi connectivity index (χ3n) is 12.2. The minimum atomic E-state index is -1.82. The van der Waals surface area contributed by atoms with Crippen molar-refractivity contribution in [3.63, 3.8) is 0 Å². The van der Waals surface area contributed by atoms with Crippen molar-refractivity contribution in [2.24, 2.45) is 0 Å². The van der Waals surface area contributed by atoms with Gasteiger partial charge in [0.25, 0.3) is 0 Å². The Morgan fingerprint density at radius 3 is 1.00 bits per heavy atom. The highest BCUT2D eigenvalue weighted by Crippen LogP contribution is 2.73. The molecule has 0 saturated carbocycles. The van der Waals surface area contributed by atoms with Crippen LogP contribution in [-0.2, 0) is 0 Å². The summed E-state index contributed by atoms with van der Waals surface area (Å²) in [5.74, 6) is 0. The molecule has 0 N–H and O–H groups in total. The Morgan fingerprint density at radius 1 is 0.242 bits per heavy atom. The van der Waals surface area contributed by atoms with Crippen LogP contribution in [0.5, 0.6) is 0 Å². The van der Waals surface area contributed by atoms with Crippen LogP contribution < -0.4 is 4.90 Å². The van der Waals surface area contributed by atoms with Crippen molar-refractivity contribution in [3.8, 4) is 33.4 Å². The van der Waals surface area contributed by atoms with Gasteiger partial charge in [-0.2, -0.15) is 0 Å². The van der Waals surface area contributed by atoms with Crippen molar-refractivity contribution in [1.82, 2.24) is 0 Å². The van der Waals surface area contributed by atoms with E-state index in [0.717, 1.165) is 17.1 Å². The maximum Gasteiger partial charge on any atom is 0.0462 e. The van der Waals surface area contributed by atoms with E-state index in [1.54, 1.807) is 0 Å². The maximum absolute atomic E-state index is 2.39. The molecule has 0 saturated heterocycles. The van der Waals surface area contributed by atoms with Gasteiger partial charge < -0.3 is 4.90 Å². The van der Waals surface area contributed by atoms with Crippen LogP contribution in [-0.4, -0.2) is 0 Å². The van der Waals surface area contributed by atoms with E-state index in [9.17, 15) is 0 Å². The molecule has 0 amide bonds. The smallest absolute Gasteiger partial charge is 0.0462 e. The van der Waals surface area contributed by atoms with Crippen LogP contribution in [0, 0.1) is 0 Å². The maximum atomic E-state index is 2.39. The lowest BCUT2D eigenvalue weighted by Gasteiger charge is -2.42. The van der Waals surface area contributed by atoms with Gasteiger partial charge in [0.15, 0.2) is 0 Å². The van der Waals surface area contributed by atoms with Crippen LogP contribution >= 0.6 is 10.0 Å². The minimum absolute atomic E-state index is 1.10. The Hall–Kier alpha value is -7.65. The van der Waals surface area contributed by atoms with Gasteiger partial charge in [0.2, 0.25) is 0 Å². The molecule has 11 rings (SSSR count). The van der Waals surface area contributed by atoms with Gasteiger partial charge in [-0.1, -0.05) is 176 Å². The zero-order valence-electron chi connectivity index (χ0n) is 34.2. The largest absolute Gasteiger partial charge is 0.311 e. The summed E-state index contributed by atoms with van der Waals surface area (Å²) in [5.41, 5.74) is 13.2. The lowest BCUT2D eigenvalue weighted by atomic mass is 9.89. The summed E-state index contributed by atoms with van der Waals surface area (Å²) in [4.78, 5) is 7.60. The van der Waals surface area contributed by atoms with Crippen LogP contribution in [0.25, 0.3) is 56.3 Å². The van der Waals surface area contributed by atoms with Crippen molar-refractivity contribution in [2.45, 2.75) is 19.6 Å². The molecule has 0 unspecified atom stereocenters. The molecular formula is C60H43NS. The van der Waals surface area contributed by atoms with E-state index in [2.05, 4.69) is 266 Å². The average Bonchev–Trinajstić information content (AvgIpc) is 3.79. The molecule has 0 aromatic heterocycles. The zero-order valence-corrected chi connectivity index (χ0v) is 35.0. The van der Waals surface area contributed by atoms with E-state index in [1.807, 2.05) is 0 Å². The molecule has 10 aromatic carbocycles. The van der Waals surface area contributed by atoms with Gasteiger partial charge in [-0.15, -0.1) is 10.0 Å². The zero-order chi connectivity index (χ0) is 41.3. The predicted octanol–water partition coefficient (Wildman–Crippen LogP) is 17.1. The van der Waals surface area contributed by atoms with E-state index in [4.69, 9.17) is 0 Å². The molecule has 62 heavy (non-hydrogen) atoms. The van der Waals surface area contributed by atoms with Gasteiger partial charge in [-0.3, -0.25) is 0 Å². The summed E-state index contributed by atoms with van der Waals surface area (Å²) in [6, 6.07) is 91.2. The second-order valence-corrected chi connectivity index (χ2v) is 18.8. The molecular weight excluding hydrogens is 767 g/mol. The van der Waals surface area contributed by atoms with Gasteiger partial charge >= 0.3 is 0 Å². The van der Waals surface area contributed by atoms with Crippen molar-refractivity contribution < 1.29 is 0 Å². The van der Waals surface area contributed by atoms with Crippen molar-refractivity contribution in [3.05, 3.63) is 260 Å². The fourth-order valence-electron chi connectivity index (χ4n) is 9.27. The second kappa shape index (κ2) is 16.1. The van der Waals surface area contributed by atoms with Gasteiger partial charge in [-0.25, -0.2) is 0 Å². The summed E-state index contributed by atoms with van der Waals surface area (Å²) < 4.78 is 0. The molecule has 0 radical (unpaired) electrons. The number of anilines is 3. The molecule has 1 nitrogen and oxygen atoms in total. The fourth-order valence-corrected chi connectivity index (χ4v) is 13.1. The molecule has 1 aliphatic carbocycles. The number of hydrogen-bond acceptors (Lipinski definition) is 1. The van der Waals surface area contributed by atoms with Crippen LogP contribution in [0.15, 0.2) is 268 Å². The monoisotopic (exact) mass is 809 g/mol. The van der Waals surface area contributed by atoms with E-state index in [0.29, 0.717) is 0 Å². The first-order chi connectivity index (χ1) is 30.8. The highest BCUT2D eigenvalue weighted by atomic mass is 32.3. The number of hydrogen-bond donors (Lipinski definition) is 0. The molecule has 294 valence electrons. The van der Waals surface area contributed by atoms with Crippen molar-refractivity contribution in [2.75, 3.05) is 4.90 Å². The van der Waals surface area contributed by atoms with Crippen molar-refractivity contribution >= 4 is 50.0 Å². The van der Waals surface area contributed by atoms with Crippen LogP contribution in [0.2, 0.25) is 0 Å². The Kier molecular flexibility index (Phi) is 9.69. The van der Waals surface area contributed by atoms with E-state index < -0.39 is 10.0 Å². The Balaban J connectivity index is 1.05. The quantitative estimate of drug-likeness (QED) is 0.133. The minimum Gasteiger partial charge on any atom is -0.311 e. The first-order valence-electron chi connectivity index (χ1n) is 21.2. The SMILES string of the molecule is C1=Cc2ccc(-c3ccc(N(c4ccc(-c5ccccc5)cc4)c4ccc(S(c5ccccc5)(c5ccccc5)c5ccccc5)cc4)cc3)c3c(-c4ccccc4)ccc1c23. The summed E-state index contributed by atoms with van der Waals surface area (Å²) in [6.07, 6.45) is 4.49. The van der Waals surface area contributed by atoms with E-state index >= 15 is 0 Å². The highest BCUT2D eigenvalue weighted by molar-refractivity contribution is 8.34. The first kappa shape index (κ1) is 37.4. The third-order valence-corrected chi connectivity index (χ3v) is 16.1. The van der Waals surface area contributed by atoms with Crippen LogP contribution in [0.3, 0.4) is 0 Å². The lowest BCUT2D eigenvalue weighted by Crippen LogP contribution is -2.10. The molecule has 2 heteroatoms. The summed E-state index contributed by atoms with van der Waals surface area (Å²) in [7, 11) is -1.82. The standard InChI is InChI=1S/C60H43NS/c1-6-16-44(17-7-1)45-28-34-50(35-29-45)61(51-36-30-47(31-37-51)58-43-33-49-27-26-48-32-42-57(60(58)59(48)49)46-18-8-2-9-19-46)52-38-40-56(41-39-52)62(53-20-10-3-11-21-53,54-22-12-4-13-23-54)55-24-14-5-15-25-55/h1-43H.